The highest BCUT2D eigenvalue weighted by Crippen LogP contribution is 2.13. The molecule has 1 aliphatic rings. The van der Waals surface area contributed by atoms with Gasteiger partial charge in [-0.15, -0.1) is 0 Å². The second kappa shape index (κ2) is 7.77. The maximum atomic E-state index is 12.5. The van der Waals surface area contributed by atoms with Crippen molar-refractivity contribution < 1.29 is 13.2 Å². The van der Waals surface area contributed by atoms with Crippen LogP contribution >= 0.6 is 0 Å². The Bertz CT molecular complexity index is 834. The Kier molecular flexibility index (Phi) is 5.47. The zero-order valence-corrected chi connectivity index (χ0v) is 14.6. The van der Waals surface area contributed by atoms with E-state index >= 15 is 0 Å². The molecular weight excluding hydrogens is 338 g/mol. The number of sulfonamides is 1. The van der Waals surface area contributed by atoms with Crippen LogP contribution in [0.5, 0.6) is 0 Å². The van der Waals surface area contributed by atoms with Crippen molar-refractivity contribution in [2.45, 2.75) is 11.4 Å². The quantitative estimate of drug-likeness (QED) is 0.691. The summed E-state index contributed by atoms with van der Waals surface area (Å²) in [5.74, 6) is 0.190. The third-order valence-electron chi connectivity index (χ3n) is 4.13. The molecule has 1 amide bonds. The molecule has 0 atom stereocenters. The summed E-state index contributed by atoms with van der Waals surface area (Å²) in [5.41, 5.74) is 1.21. The lowest BCUT2D eigenvalue weighted by atomic mass is 10.0. The zero-order valence-electron chi connectivity index (χ0n) is 13.7. The van der Waals surface area contributed by atoms with Gasteiger partial charge in [-0.1, -0.05) is 36.4 Å². The van der Waals surface area contributed by atoms with Gasteiger partial charge in [0.15, 0.2) is 0 Å². The van der Waals surface area contributed by atoms with E-state index in [1.54, 1.807) is 12.1 Å². The maximum Gasteiger partial charge on any atom is 0.251 e. The molecular formula is C18H21N3O3S. The van der Waals surface area contributed by atoms with E-state index in [1.165, 1.54) is 12.1 Å². The molecule has 0 spiro atoms. The smallest absolute Gasteiger partial charge is 0.251 e. The molecule has 0 unspecified atom stereocenters. The van der Waals surface area contributed by atoms with Crippen LogP contribution in [-0.2, 0) is 16.6 Å². The number of hydrogen-bond acceptors (Lipinski definition) is 4. The molecule has 1 heterocycles. The lowest BCUT2D eigenvalue weighted by molar-refractivity contribution is 0.0942. The van der Waals surface area contributed by atoms with Crippen LogP contribution in [0.4, 0.5) is 0 Å². The van der Waals surface area contributed by atoms with Gasteiger partial charge in [-0.05, 0) is 23.8 Å². The van der Waals surface area contributed by atoms with Gasteiger partial charge in [0.25, 0.3) is 5.91 Å². The Balaban J connectivity index is 1.65. The molecule has 3 rings (SSSR count). The third-order valence-corrected chi connectivity index (χ3v) is 5.53. The van der Waals surface area contributed by atoms with Crippen molar-refractivity contribution in [3.8, 4) is 0 Å². The van der Waals surface area contributed by atoms with E-state index in [0.717, 1.165) is 18.7 Å². The first kappa shape index (κ1) is 17.6. The van der Waals surface area contributed by atoms with E-state index in [9.17, 15) is 13.2 Å². The standard InChI is InChI=1S/C18H21N3O3S/c22-18(20-12-15-10-19-11-15)16-7-4-8-17(9-16)25(23,24)21-13-14-5-2-1-3-6-14/h1-9,15,19,21H,10-13H2,(H,20,22). The van der Waals surface area contributed by atoms with Crippen molar-refractivity contribution in [1.82, 2.24) is 15.4 Å². The van der Waals surface area contributed by atoms with Gasteiger partial charge < -0.3 is 10.6 Å². The SMILES string of the molecule is O=C(NCC1CNC1)c1cccc(S(=O)(=O)NCc2ccccc2)c1. The van der Waals surface area contributed by atoms with E-state index < -0.39 is 10.0 Å². The molecule has 3 N–H and O–H groups in total. The van der Waals surface area contributed by atoms with Gasteiger partial charge in [-0.2, -0.15) is 0 Å². The second-order valence-corrected chi connectivity index (χ2v) is 7.84. The van der Waals surface area contributed by atoms with Crippen LogP contribution in [0.25, 0.3) is 0 Å². The summed E-state index contributed by atoms with van der Waals surface area (Å²) in [7, 11) is -3.68. The van der Waals surface area contributed by atoms with Crippen LogP contribution in [0.1, 0.15) is 15.9 Å². The van der Waals surface area contributed by atoms with Gasteiger partial charge in [0.1, 0.15) is 0 Å². The van der Waals surface area contributed by atoms with Gasteiger partial charge in [0.05, 0.1) is 4.90 Å². The molecule has 0 radical (unpaired) electrons. The third kappa shape index (κ3) is 4.66. The fraction of sp³-hybridized carbons (Fsp3) is 0.278. The van der Waals surface area contributed by atoms with Crippen LogP contribution in [0.15, 0.2) is 59.5 Å². The molecule has 2 aromatic rings. The first-order valence-corrected chi connectivity index (χ1v) is 9.65. The average Bonchev–Trinajstić information content (AvgIpc) is 2.60. The van der Waals surface area contributed by atoms with Crippen molar-refractivity contribution in [1.29, 1.82) is 0 Å². The molecule has 1 fully saturated rings. The average molecular weight is 359 g/mol. The fourth-order valence-corrected chi connectivity index (χ4v) is 3.56. The van der Waals surface area contributed by atoms with E-state index in [0.29, 0.717) is 18.0 Å². The lowest BCUT2D eigenvalue weighted by Gasteiger charge is -2.27. The number of benzene rings is 2. The van der Waals surface area contributed by atoms with Crippen LogP contribution in [0.3, 0.4) is 0 Å². The molecule has 0 saturated carbocycles. The van der Waals surface area contributed by atoms with Crippen molar-refractivity contribution >= 4 is 15.9 Å². The minimum Gasteiger partial charge on any atom is -0.352 e. The maximum absolute atomic E-state index is 12.5. The number of hydrogen-bond donors (Lipinski definition) is 3. The first-order chi connectivity index (χ1) is 12.0. The molecule has 1 saturated heterocycles. The Hall–Kier alpha value is -2.22. The number of rotatable bonds is 7. The van der Waals surface area contributed by atoms with Gasteiger partial charge in [0.2, 0.25) is 10.0 Å². The second-order valence-electron chi connectivity index (χ2n) is 6.07. The van der Waals surface area contributed by atoms with E-state index in [2.05, 4.69) is 15.4 Å². The molecule has 7 heteroatoms. The summed E-state index contributed by atoms with van der Waals surface area (Å²) in [4.78, 5) is 12.3. The molecule has 0 aromatic heterocycles. The van der Waals surface area contributed by atoms with Crippen LogP contribution < -0.4 is 15.4 Å². The number of carbonyl (C=O) groups excluding carboxylic acids is 1. The molecule has 6 nitrogen and oxygen atoms in total. The highest BCUT2D eigenvalue weighted by Gasteiger charge is 2.19. The summed E-state index contributed by atoms with van der Waals surface area (Å²) >= 11 is 0. The van der Waals surface area contributed by atoms with Crippen LogP contribution in [0, 0.1) is 5.92 Å². The first-order valence-electron chi connectivity index (χ1n) is 8.17. The molecule has 25 heavy (non-hydrogen) atoms. The highest BCUT2D eigenvalue weighted by atomic mass is 32.2. The van der Waals surface area contributed by atoms with Gasteiger partial charge in [-0.25, -0.2) is 13.1 Å². The summed E-state index contributed by atoms with van der Waals surface area (Å²) in [6.45, 7) is 2.60. The molecule has 2 aromatic carbocycles. The molecule has 132 valence electrons. The Morgan fingerprint density at radius 1 is 1.08 bits per heavy atom. The molecule has 0 aliphatic carbocycles. The van der Waals surface area contributed by atoms with Gasteiger partial charge in [-0.3, -0.25) is 4.79 Å². The number of amides is 1. The minimum absolute atomic E-state index is 0.0846. The largest absolute Gasteiger partial charge is 0.352 e. The van der Waals surface area contributed by atoms with Crippen LogP contribution in [0.2, 0.25) is 0 Å². The van der Waals surface area contributed by atoms with Gasteiger partial charge in [0, 0.05) is 37.7 Å². The highest BCUT2D eigenvalue weighted by molar-refractivity contribution is 7.89. The number of carbonyl (C=O) groups is 1. The van der Waals surface area contributed by atoms with Crippen molar-refractivity contribution in [3.05, 3.63) is 65.7 Å². The van der Waals surface area contributed by atoms with Crippen molar-refractivity contribution in [2.24, 2.45) is 5.92 Å². The lowest BCUT2D eigenvalue weighted by Crippen LogP contribution is -2.48. The summed E-state index contributed by atoms with van der Waals surface area (Å²) in [6, 6.07) is 15.4. The van der Waals surface area contributed by atoms with Crippen molar-refractivity contribution in [2.75, 3.05) is 19.6 Å². The number of nitrogens with one attached hydrogen (secondary N) is 3. The predicted octanol–water partition coefficient (Wildman–Crippen LogP) is 1.11. The summed E-state index contributed by atoms with van der Waals surface area (Å²) in [5, 5.41) is 5.99. The Morgan fingerprint density at radius 3 is 2.52 bits per heavy atom. The Labute approximate surface area is 147 Å². The van der Waals surface area contributed by atoms with Crippen molar-refractivity contribution in [3.63, 3.8) is 0 Å². The minimum atomic E-state index is -3.68. The monoisotopic (exact) mass is 359 g/mol. The van der Waals surface area contributed by atoms with Crippen LogP contribution in [-0.4, -0.2) is 34.0 Å². The predicted molar refractivity (Wildman–Crippen MR) is 95.6 cm³/mol. The van der Waals surface area contributed by atoms with Gasteiger partial charge >= 0.3 is 0 Å². The topological polar surface area (TPSA) is 87.3 Å². The van der Waals surface area contributed by atoms with E-state index in [4.69, 9.17) is 0 Å². The van der Waals surface area contributed by atoms with E-state index in [1.807, 2.05) is 30.3 Å². The summed E-state index contributed by atoms with van der Waals surface area (Å²) < 4.78 is 27.5. The molecule has 0 bridgehead atoms. The zero-order chi connectivity index (χ0) is 17.7. The van der Waals surface area contributed by atoms with E-state index in [-0.39, 0.29) is 17.3 Å². The molecule has 1 aliphatic heterocycles. The Morgan fingerprint density at radius 2 is 1.84 bits per heavy atom. The summed E-state index contributed by atoms with van der Waals surface area (Å²) in [6.07, 6.45) is 0. The normalized spacial score (nSPS) is 14.7. The fourth-order valence-electron chi connectivity index (χ4n) is 2.49.